The van der Waals surface area contributed by atoms with Gasteiger partial charge in [0.15, 0.2) is 0 Å². The van der Waals surface area contributed by atoms with Crippen molar-refractivity contribution in [2.75, 3.05) is 26.7 Å². The van der Waals surface area contributed by atoms with Crippen molar-refractivity contribution in [1.82, 2.24) is 10.2 Å². The van der Waals surface area contributed by atoms with E-state index in [1.165, 1.54) is 4.90 Å². The minimum Gasteiger partial charge on any atom is -0.481 e. The molecule has 0 radical (unpaired) electrons. The van der Waals surface area contributed by atoms with E-state index in [4.69, 9.17) is 9.84 Å². The normalized spacial score (nSPS) is 11.1. The molecule has 0 saturated carbocycles. The summed E-state index contributed by atoms with van der Waals surface area (Å²) in [7, 11) is 1.64. The van der Waals surface area contributed by atoms with E-state index in [9.17, 15) is 9.59 Å². The maximum absolute atomic E-state index is 11.7. The highest BCUT2D eigenvalue weighted by atomic mass is 16.5. The van der Waals surface area contributed by atoms with Crippen molar-refractivity contribution >= 4 is 12.0 Å². The van der Waals surface area contributed by atoms with Gasteiger partial charge in [-0.3, -0.25) is 4.79 Å². The molecule has 0 bridgehead atoms. The van der Waals surface area contributed by atoms with Gasteiger partial charge in [0.1, 0.15) is 0 Å². The van der Waals surface area contributed by atoms with E-state index in [-0.39, 0.29) is 12.5 Å². The van der Waals surface area contributed by atoms with E-state index >= 15 is 0 Å². The van der Waals surface area contributed by atoms with E-state index in [1.54, 1.807) is 7.05 Å². The molecule has 0 aromatic rings. The van der Waals surface area contributed by atoms with Crippen LogP contribution in [0.15, 0.2) is 0 Å². The molecule has 0 aliphatic heterocycles. The highest BCUT2D eigenvalue weighted by Crippen LogP contribution is 2.07. The predicted molar refractivity (Wildman–Crippen MR) is 68.6 cm³/mol. The van der Waals surface area contributed by atoms with E-state index in [0.29, 0.717) is 26.1 Å². The van der Waals surface area contributed by atoms with Crippen LogP contribution in [-0.4, -0.2) is 54.4 Å². The van der Waals surface area contributed by atoms with Crippen LogP contribution in [-0.2, 0) is 9.53 Å². The van der Waals surface area contributed by atoms with Crippen LogP contribution < -0.4 is 5.32 Å². The van der Waals surface area contributed by atoms with E-state index < -0.39 is 11.6 Å². The Morgan fingerprint density at radius 3 is 2.50 bits per heavy atom. The number of urea groups is 1. The summed E-state index contributed by atoms with van der Waals surface area (Å²) >= 11 is 0. The van der Waals surface area contributed by atoms with Gasteiger partial charge in [-0.1, -0.05) is 0 Å². The standard InChI is InChI=1S/C12H24N2O4/c1-5-18-12(2,3)9-13-11(17)14(4)8-6-7-10(15)16/h5-9H2,1-4H3,(H,13,17)(H,15,16). The third kappa shape index (κ3) is 7.89. The molecule has 0 unspecified atom stereocenters. The van der Waals surface area contributed by atoms with Gasteiger partial charge in [0, 0.05) is 33.2 Å². The van der Waals surface area contributed by atoms with Crippen LogP contribution in [0.25, 0.3) is 0 Å². The number of carbonyl (C=O) groups excluding carboxylic acids is 1. The maximum Gasteiger partial charge on any atom is 0.317 e. The largest absolute Gasteiger partial charge is 0.481 e. The lowest BCUT2D eigenvalue weighted by Gasteiger charge is -2.26. The lowest BCUT2D eigenvalue weighted by atomic mass is 10.1. The predicted octanol–water partition coefficient (Wildman–Crippen LogP) is 1.31. The Bertz CT molecular complexity index is 279. The van der Waals surface area contributed by atoms with Crippen molar-refractivity contribution in [3.63, 3.8) is 0 Å². The average Bonchev–Trinajstić information content (AvgIpc) is 2.25. The fourth-order valence-corrected chi connectivity index (χ4v) is 1.43. The molecule has 18 heavy (non-hydrogen) atoms. The number of hydrogen-bond donors (Lipinski definition) is 2. The molecule has 0 aromatic heterocycles. The molecule has 0 atom stereocenters. The molecule has 0 heterocycles. The molecule has 0 rings (SSSR count). The second-order valence-electron chi connectivity index (χ2n) is 4.77. The number of rotatable bonds is 8. The number of hydrogen-bond acceptors (Lipinski definition) is 3. The molecule has 6 nitrogen and oxygen atoms in total. The van der Waals surface area contributed by atoms with Crippen LogP contribution in [0, 0.1) is 0 Å². The SMILES string of the molecule is CCOC(C)(C)CNC(=O)N(C)CCCC(=O)O. The van der Waals surface area contributed by atoms with E-state index in [1.807, 2.05) is 20.8 Å². The summed E-state index contributed by atoms with van der Waals surface area (Å²) in [4.78, 5) is 23.5. The summed E-state index contributed by atoms with van der Waals surface area (Å²) in [5, 5.41) is 11.3. The molecule has 2 N–H and O–H groups in total. The Kier molecular flexibility index (Phi) is 7.35. The number of carboxylic acid groups (broad SMARTS) is 1. The first-order valence-electron chi connectivity index (χ1n) is 6.13. The summed E-state index contributed by atoms with van der Waals surface area (Å²) in [6.45, 7) is 7.15. The summed E-state index contributed by atoms with van der Waals surface area (Å²) < 4.78 is 5.46. The Hall–Kier alpha value is -1.30. The lowest BCUT2D eigenvalue weighted by Crippen LogP contribution is -2.45. The molecular weight excluding hydrogens is 236 g/mol. The molecule has 0 saturated heterocycles. The number of nitrogens with zero attached hydrogens (tertiary/aromatic N) is 1. The van der Waals surface area contributed by atoms with Crippen molar-refractivity contribution in [1.29, 1.82) is 0 Å². The summed E-state index contributed by atoms with van der Waals surface area (Å²) in [5.41, 5.74) is -0.397. The molecule has 2 amide bonds. The topological polar surface area (TPSA) is 78.9 Å². The lowest BCUT2D eigenvalue weighted by molar-refractivity contribution is -0.137. The van der Waals surface area contributed by atoms with Gasteiger partial charge in [-0.15, -0.1) is 0 Å². The minimum atomic E-state index is -0.846. The van der Waals surface area contributed by atoms with Gasteiger partial charge in [0.05, 0.1) is 5.60 Å². The number of aliphatic carboxylic acids is 1. The van der Waals surface area contributed by atoms with Gasteiger partial charge in [0.2, 0.25) is 0 Å². The molecule has 6 heteroatoms. The highest BCUT2D eigenvalue weighted by Gasteiger charge is 2.19. The Balaban J connectivity index is 3.90. The molecular formula is C12H24N2O4. The van der Waals surface area contributed by atoms with Crippen molar-refractivity contribution in [3.8, 4) is 0 Å². The van der Waals surface area contributed by atoms with Crippen LogP contribution in [0.4, 0.5) is 4.79 Å². The fraction of sp³-hybridized carbons (Fsp3) is 0.833. The third-order valence-corrected chi connectivity index (χ3v) is 2.43. The van der Waals surface area contributed by atoms with Gasteiger partial charge in [0.25, 0.3) is 0 Å². The third-order valence-electron chi connectivity index (χ3n) is 2.43. The van der Waals surface area contributed by atoms with Crippen molar-refractivity contribution in [2.45, 2.75) is 39.2 Å². The number of carboxylic acids is 1. The Morgan fingerprint density at radius 2 is 2.00 bits per heavy atom. The molecule has 106 valence electrons. The summed E-state index contributed by atoms with van der Waals surface area (Å²) in [5.74, 6) is -0.846. The van der Waals surface area contributed by atoms with Gasteiger partial charge < -0.3 is 20.1 Å². The van der Waals surface area contributed by atoms with Crippen LogP contribution in [0.3, 0.4) is 0 Å². The maximum atomic E-state index is 11.7. The van der Waals surface area contributed by atoms with Gasteiger partial charge in [-0.25, -0.2) is 4.79 Å². The molecule has 0 aliphatic rings. The van der Waals surface area contributed by atoms with Gasteiger partial charge in [-0.2, -0.15) is 0 Å². The zero-order chi connectivity index (χ0) is 14.2. The second kappa shape index (κ2) is 7.92. The molecule has 0 fully saturated rings. The first-order chi connectivity index (χ1) is 8.28. The van der Waals surface area contributed by atoms with Gasteiger partial charge in [-0.05, 0) is 27.2 Å². The highest BCUT2D eigenvalue weighted by molar-refractivity contribution is 5.74. The molecule has 0 aromatic carbocycles. The van der Waals surface area contributed by atoms with Crippen molar-refractivity contribution < 1.29 is 19.4 Å². The summed E-state index contributed by atoms with van der Waals surface area (Å²) in [6.07, 6.45) is 0.524. The van der Waals surface area contributed by atoms with Crippen molar-refractivity contribution in [2.24, 2.45) is 0 Å². The fourth-order valence-electron chi connectivity index (χ4n) is 1.43. The monoisotopic (exact) mass is 260 g/mol. The summed E-state index contributed by atoms with van der Waals surface area (Å²) in [6, 6.07) is -0.215. The minimum absolute atomic E-state index is 0.0715. The number of amides is 2. The van der Waals surface area contributed by atoms with Crippen LogP contribution in [0.2, 0.25) is 0 Å². The first kappa shape index (κ1) is 16.7. The Morgan fingerprint density at radius 1 is 1.39 bits per heavy atom. The molecule has 0 spiro atoms. The second-order valence-corrected chi connectivity index (χ2v) is 4.77. The van der Waals surface area contributed by atoms with E-state index in [0.717, 1.165) is 0 Å². The van der Waals surface area contributed by atoms with Crippen molar-refractivity contribution in [3.05, 3.63) is 0 Å². The first-order valence-corrected chi connectivity index (χ1v) is 6.13. The Labute approximate surface area is 108 Å². The van der Waals surface area contributed by atoms with E-state index in [2.05, 4.69) is 5.32 Å². The van der Waals surface area contributed by atoms with Crippen LogP contribution in [0.5, 0.6) is 0 Å². The van der Waals surface area contributed by atoms with Crippen LogP contribution in [0.1, 0.15) is 33.6 Å². The average molecular weight is 260 g/mol. The number of nitrogens with one attached hydrogen (secondary N) is 1. The number of ether oxygens (including phenoxy) is 1. The zero-order valence-corrected chi connectivity index (χ0v) is 11.7. The number of carbonyl (C=O) groups is 2. The quantitative estimate of drug-likeness (QED) is 0.689. The zero-order valence-electron chi connectivity index (χ0n) is 11.7. The van der Waals surface area contributed by atoms with Gasteiger partial charge >= 0.3 is 12.0 Å². The molecule has 0 aliphatic carbocycles. The van der Waals surface area contributed by atoms with Crippen LogP contribution >= 0.6 is 0 Å². The smallest absolute Gasteiger partial charge is 0.317 e.